The third-order valence-corrected chi connectivity index (χ3v) is 5.07. The lowest BCUT2D eigenvalue weighted by Gasteiger charge is -2.24. The predicted molar refractivity (Wildman–Crippen MR) is 109 cm³/mol. The van der Waals surface area contributed by atoms with Crippen molar-refractivity contribution < 1.29 is 0 Å². The Labute approximate surface area is 166 Å². The van der Waals surface area contributed by atoms with Crippen molar-refractivity contribution in [2.75, 3.05) is 7.05 Å². The minimum Gasteiger partial charge on any atom is -0.309 e. The molecule has 0 aliphatic carbocycles. The standard InChI is InChI=1S/C20H19ClN6O/c1-13(14-3-6-16(7-4-14)27-12-22-11-23-27)26(2)10-19-24-18-8-5-15(21)9-17(18)20(28)25-19/h3-9,11-13H,10H2,1-2H3,(H,24,25,28)/t13-/m1/s1. The Kier molecular flexibility index (Phi) is 4.93. The van der Waals surface area contributed by atoms with E-state index in [0.717, 1.165) is 11.3 Å². The maximum atomic E-state index is 12.3. The monoisotopic (exact) mass is 394 g/mol. The zero-order valence-corrected chi connectivity index (χ0v) is 16.3. The average molecular weight is 395 g/mol. The molecule has 28 heavy (non-hydrogen) atoms. The molecule has 8 heteroatoms. The van der Waals surface area contributed by atoms with E-state index in [9.17, 15) is 4.79 Å². The summed E-state index contributed by atoms with van der Waals surface area (Å²) in [4.78, 5) is 25.9. The van der Waals surface area contributed by atoms with E-state index in [-0.39, 0.29) is 11.6 Å². The fourth-order valence-corrected chi connectivity index (χ4v) is 3.28. The molecule has 1 atom stereocenters. The van der Waals surface area contributed by atoms with Crippen LogP contribution < -0.4 is 5.56 Å². The number of hydrogen-bond acceptors (Lipinski definition) is 5. The van der Waals surface area contributed by atoms with Gasteiger partial charge >= 0.3 is 0 Å². The largest absolute Gasteiger partial charge is 0.309 e. The summed E-state index contributed by atoms with van der Waals surface area (Å²) in [6, 6.07) is 13.4. The molecule has 4 rings (SSSR count). The number of rotatable bonds is 5. The van der Waals surface area contributed by atoms with Crippen LogP contribution in [0.5, 0.6) is 0 Å². The molecule has 0 fully saturated rings. The second kappa shape index (κ2) is 7.53. The van der Waals surface area contributed by atoms with Crippen LogP contribution in [-0.2, 0) is 6.54 Å². The van der Waals surface area contributed by atoms with E-state index in [1.165, 1.54) is 6.33 Å². The summed E-state index contributed by atoms with van der Waals surface area (Å²) in [5.41, 5.74) is 2.57. The van der Waals surface area contributed by atoms with Crippen molar-refractivity contribution in [2.45, 2.75) is 19.5 Å². The maximum Gasteiger partial charge on any atom is 0.258 e. The van der Waals surface area contributed by atoms with Crippen LogP contribution in [0.2, 0.25) is 5.02 Å². The van der Waals surface area contributed by atoms with Gasteiger partial charge in [-0.2, -0.15) is 5.10 Å². The quantitative estimate of drug-likeness (QED) is 0.561. The highest BCUT2D eigenvalue weighted by atomic mass is 35.5. The average Bonchev–Trinajstić information content (AvgIpc) is 3.23. The van der Waals surface area contributed by atoms with Gasteiger partial charge in [-0.15, -0.1) is 0 Å². The Morgan fingerprint density at radius 1 is 1.21 bits per heavy atom. The molecule has 0 aliphatic rings. The molecule has 0 amide bonds. The number of benzene rings is 2. The van der Waals surface area contributed by atoms with Gasteiger partial charge in [-0.05, 0) is 49.9 Å². The van der Waals surface area contributed by atoms with E-state index in [4.69, 9.17) is 11.6 Å². The molecule has 142 valence electrons. The zero-order valence-electron chi connectivity index (χ0n) is 15.5. The molecule has 0 unspecified atom stereocenters. The molecule has 4 aromatic rings. The summed E-state index contributed by atoms with van der Waals surface area (Å²) in [6.07, 6.45) is 3.18. The van der Waals surface area contributed by atoms with E-state index in [2.05, 4.69) is 44.0 Å². The smallest absolute Gasteiger partial charge is 0.258 e. The van der Waals surface area contributed by atoms with Crippen LogP contribution in [0.3, 0.4) is 0 Å². The number of nitrogens with zero attached hydrogens (tertiary/aromatic N) is 5. The van der Waals surface area contributed by atoms with Gasteiger partial charge in [-0.25, -0.2) is 14.6 Å². The maximum absolute atomic E-state index is 12.3. The molecule has 2 aromatic carbocycles. The Bertz CT molecular complexity index is 1150. The van der Waals surface area contributed by atoms with E-state index in [1.807, 2.05) is 19.2 Å². The lowest BCUT2D eigenvalue weighted by Crippen LogP contribution is -2.25. The first-order valence-corrected chi connectivity index (χ1v) is 9.23. The van der Waals surface area contributed by atoms with Crippen molar-refractivity contribution in [1.29, 1.82) is 0 Å². The molecule has 7 nitrogen and oxygen atoms in total. The summed E-state index contributed by atoms with van der Waals surface area (Å²) < 4.78 is 1.72. The molecule has 0 aliphatic heterocycles. The molecule has 0 spiro atoms. The lowest BCUT2D eigenvalue weighted by atomic mass is 10.1. The molecule has 0 bridgehead atoms. The summed E-state index contributed by atoms with van der Waals surface area (Å²) in [5.74, 6) is 0.619. The normalized spacial score (nSPS) is 12.6. The molecular formula is C20H19ClN6O. The highest BCUT2D eigenvalue weighted by molar-refractivity contribution is 6.31. The minimum absolute atomic E-state index is 0.135. The summed E-state index contributed by atoms with van der Waals surface area (Å²) in [6.45, 7) is 2.63. The topological polar surface area (TPSA) is 79.7 Å². The molecular weight excluding hydrogens is 376 g/mol. The fraction of sp³-hybridized carbons (Fsp3) is 0.200. The van der Waals surface area contributed by atoms with Gasteiger partial charge < -0.3 is 4.98 Å². The highest BCUT2D eigenvalue weighted by Gasteiger charge is 2.14. The zero-order chi connectivity index (χ0) is 19.7. The van der Waals surface area contributed by atoms with Gasteiger partial charge in [0.25, 0.3) is 5.56 Å². The molecule has 2 heterocycles. The Morgan fingerprint density at radius 3 is 2.71 bits per heavy atom. The summed E-state index contributed by atoms with van der Waals surface area (Å²) in [5, 5.41) is 5.15. The first-order valence-electron chi connectivity index (χ1n) is 8.85. The predicted octanol–water partition coefficient (Wildman–Crippen LogP) is 3.35. The SMILES string of the molecule is C[C@H](c1ccc(-n2cncn2)cc1)N(C)Cc1nc2ccc(Cl)cc2c(=O)[nH]1. The van der Waals surface area contributed by atoms with Crippen molar-refractivity contribution in [3.05, 3.63) is 81.9 Å². The number of H-pyrrole nitrogens is 1. The molecule has 0 radical (unpaired) electrons. The van der Waals surface area contributed by atoms with Crippen LogP contribution in [0, 0.1) is 0 Å². The van der Waals surface area contributed by atoms with Crippen molar-refractivity contribution >= 4 is 22.5 Å². The summed E-state index contributed by atoms with van der Waals surface area (Å²) >= 11 is 5.97. The van der Waals surface area contributed by atoms with Crippen molar-refractivity contribution in [1.82, 2.24) is 29.6 Å². The van der Waals surface area contributed by atoms with Gasteiger partial charge in [0.1, 0.15) is 18.5 Å². The van der Waals surface area contributed by atoms with Gasteiger partial charge in [-0.1, -0.05) is 23.7 Å². The van der Waals surface area contributed by atoms with Crippen LogP contribution >= 0.6 is 11.6 Å². The molecule has 1 N–H and O–H groups in total. The number of halogens is 1. The Morgan fingerprint density at radius 2 is 2.00 bits per heavy atom. The van der Waals surface area contributed by atoms with E-state index in [1.54, 1.807) is 29.2 Å². The van der Waals surface area contributed by atoms with Crippen molar-refractivity contribution in [3.63, 3.8) is 0 Å². The fourth-order valence-electron chi connectivity index (χ4n) is 3.11. The number of fused-ring (bicyclic) bond motifs is 1. The second-order valence-electron chi connectivity index (χ2n) is 6.70. The summed E-state index contributed by atoms with van der Waals surface area (Å²) in [7, 11) is 2.00. The number of aromatic amines is 1. The van der Waals surface area contributed by atoms with Crippen LogP contribution in [0.4, 0.5) is 0 Å². The first kappa shape index (κ1) is 18.3. The first-order chi connectivity index (χ1) is 13.5. The van der Waals surface area contributed by atoms with Crippen LogP contribution in [0.15, 0.2) is 59.9 Å². The Hall–Kier alpha value is -3.03. The lowest BCUT2D eigenvalue weighted by molar-refractivity contribution is 0.247. The van der Waals surface area contributed by atoms with Gasteiger partial charge in [0.15, 0.2) is 0 Å². The van der Waals surface area contributed by atoms with Crippen molar-refractivity contribution in [2.24, 2.45) is 0 Å². The highest BCUT2D eigenvalue weighted by Crippen LogP contribution is 2.22. The third kappa shape index (κ3) is 3.67. The number of aromatic nitrogens is 5. The second-order valence-corrected chi connectivity index (χ2v) is 7.13. The third-order valence-electron chi connectivity index (χ3n) is 4.84. The minimum atomic E-state index is -0.180. The van der Waals surface area contributed by atoms with Gasteiger partial charge in [-0.3, -0.25) is 9.69 Å². The molecule has 0 saturated heterocycles. The van der Waals surface area contributed by atoms with E-state index in [0.29, 0.717) is 28.3 Å². The molecule has 0 saturated carbocycles. The Balaban J connectivity index is 1.53. The van der Waals surface area contributed by atoms with Gasteiger partial charge in [0.05, 0.1) is 23.1 Å². The number of nitrogens with one attached hydrogen (secondary N) is 1. The number of hydrogen-bond donors (Lipinski definition) is 1. The van der Waals surface area contributed by atoms with E-state index < -0.39 is 0 Å². The van der Waals surface area contributed by atoms with Crippen LogP contribution in [-0.4, -0.2) is 36.7 Å². The molecule has 2 aromatic heterocycles. The van der Waals surface area contributed by atoms with E-state index >= 15 is 0 Å². The van der Waals surface area contributed by atoms with Gasteiger partial charge in [0.2, 0.25) is 0 Å². The van der Waals surface area contributed by atoms with Crippen molar-refractivity contribution in [3.8, 4) is 5.69 Å². The van der Waals surface area contributed by atoms with Crippen LogP contribution in [0.25, 0.3) is 16.6 Å². The van der Waals surface area contributed by atoms with Crippen LogP contribution in [0.1, 0.15) is 24.4 Å². The van der Waals surface area contributed by atoms with Gasteiger partial charge in [0, 0.05) is 11.1 Å².